The normalized spacial score (nSPS) is 11.2. The minimum atomic E-state index is -0.969. The molecule has 1 heterocycles. The van der Waals surface area contributed by atoms with E-state index in [0.29, 0.717) is 0 Å². The Morgan fingerprint density at radius 3 is 2.71 bits per heavy atom. The summed E-state index contributed by atoms with van der Waals surface area (Å²) < 4.78 is 2.64. The van der Waals surface area contributed by atoms with Crippen molar-refractivity contribution in [3.63, 3.8) is 0 Å². The van der Waals surface area contributed by atoms with Crippen molar-refractivity contribution >= 4 is 28.0 Å². The summed E-state index contributed by atoms with van der Waals surface area (Å²) in [7, 11) is 0. The number of aryl methyl sites for hydroxylation is 2. The second kappa shape index (κ2) is 6.67. The van der Waals surface area contributed by atoms with Gasteiger partial charge in [-0.15, -0.1) is 0 Å². The van der Waals surface area contributed by atoms with Crippen molar-refractivity contribution in [2.24, 2.45) is 0 Å². The van der Waals surface area contributed by atoms with Gasteiger partial charge in [-0.25, -0.2) is 14.5 Å². The monoisotopic (exact) mass is 349 g/mol. The lowest BCUT2D eigenvalue weighted by Crippen LogP contribution is -2.02. The first-order valence-corrected chi connectivity index (χ1v) is 7.50. The van der Waals surface area contributed by atoms with Gasteiger partial charge in [0.25, 0.3) is 0 Å². The molecular weight excluding hydrogens is 334 g/mol. The lowest BCUT2D eigenvalue weighted by Gasteiger charge is -2.06. The quantitative estimate of drug-likeness (QED) is 0.841. The van der Waals surface area contributed by atoms with E-state index in [2.05, 4.69) is 26.0 Å². The average molecular weight is 350 g/mol. The van der Waals surface area contributed by atoms with Gasteiger partial charge >= 0.3 is 5.97 Å². The lowest BCUT2D eigenvalue weighted by atomic mass is 10.2. The molecule has 5 nitrogen and oxygen atoms in total. The number of carboxylic acid groups (broad SMARTS) is 1. The number of benzene rings is 1. The maximum atomic E-state index is 10.6. The molecule has 0 fully saturated rings. The number of hydrogen-bond acceptors (Lipinski definition) is 3. The number of rotatable bonds is 5. The first kappa shape index (κ1) is 15.4. The van der Waals surface area contributed by atoms with Gasteiger partial charge in [-0.3, -0.25) is 0 Å². The second-order valence-corrected chi connectivity index (χ2v) is 5.29. The van der Waals surface area contributed by atoms with Crippen LogP contribution in [-0.2, 0) is 17.6 Å². The summed E-state index contributed by atoms with van der Waals surface area (Å²) in [5, 5.41) is 13.2. The summed E-state index contributed by atoms with van der Waals surface area (Å²) >= 11 is 3.46. The van der Waals surface area contributed by atoms with E-state index in [-0.39, 0.29) is 0 Å². The molecule has 0 saturated heterocycles. The minimum Gasteiger partial charge on any atom is -0.478 e. The predicted octanol–water partition coefficient (Wildman–Crippen LogP) is 3.25. The molecule has 0 amide bonds. The summed E-state index contributed by atoms with van der Waals surface area (Å²) in [5.41, 5.74) is 1.70. The fourth-order valence-electron chi connectivity index (χ4n) is 1.92. The molecule has 0 spiro atoms. The molecule has 0 radical (unpaired) electrons. The van der Waals surface area contributed by atoms with Crippen LogP contribution in [-0.4, -0.2) is 25.8 Å². The fraction of sp³-hybridized carbons (Fsp3) is 0.267. The third kappa shape index (κ3) is 3.58. The molecule has 0 atom stereocenters. The predicted molar refractivity (Wildman–Crippen MR) is 84.5 cm³/mol. The summed E-state index contributed by atoms with van der Waals surface area (Å²) in [6, 6.07) is 5.67. The highest BCUT2D eigenvalue weighted by molar-refractivity contribution is 9.10. The van der Waals surface area contributed by atoms with Crippen molar-refractivity contribution in [3.8, 4) is 5.69 Å². The van der Waals surface area contributed by atoms with E-state index >= 15 is 0 Å². The van der Waals surface area contributed by atoms with Crippen molar-refractivity contribution in [2.75, 3.05) is 0 Å². The van der Waals surface area contributed by atoms with Crippen LogP contribution in [0, 0.1) is 0 Å². The van der Waals surface area contributed by atoms with Gasteiger partial charge in [0.1, 0.15) is 5.82 Å². The highest BCUT2D eigenvalue weighted by Crippen LogP contribution is 2.22. The van der Waals surface area contributed by atoms with E-state index in [1.807, 2.05) is 36.7 Å². The van der Waals surface area contributed by atoms with Crippen LogP contribution in [0.5, 0.6) is 0 Å². The Morgan fingerprint density at radius 2 is 2.14 bits per heavy atom. The van der Waals surface area contributed by atoms with Gasteiger partial charge in [-0.2, -0.15) is 5.10 Å². The van der Waals surface area contributed by atoms with Gasteiger partial charge in [-0.1, -0.05) is 35.8 Å². The summed E-state index contributed by atoms with van der Waals surface area (Å²) in [6.07, 6.45) is 4.25. The van der Waals surface area contributed by atoms with Crippen LogP contribution in [0.1, 0.15) is 31.1 Å². The van der Waals surface area contributed by atoms with Crippen LogP contribution in [0.2, 0.25) is 0 Å². The highest BCUT2D eigenvalue weighted by atomic mass is 79.9. The van der Waals surface area contributed by atoms with E-state index in [9.17, 15) is 4.79 Å². The molecule has 1 aromatic carbocycles. The highest BCUT2D eigenvalue weighted by Gasteiger charge is 2.10. The molecule has 6 heteroatoms. The molecule has 0 unspecified atom stereocenters. The Labute approximate surface area is 131 Å². The molecule has 0 aliphatic rings. The molecule has 2 rings (SSSR count). The second-order valence-electron chi connectivity index (χ2n) is 4.44. The van der Waals surface area contributed by atoms with Gasteiger partial charge < -0.3 is 5.11 Å². The molecular formula is C15H16BrN3O2. The van der Waals surface area contributed by atoms with E-state index in [0.717, 1.165) is 46.3 Å². The van der Waals surface area contributed by atoms with Crippen LogP contribution in [0.4, 0.5) is 0 Å². The SMILES string of the molecule is CCc1nc(CC)n(-c2ccc(/C=C/C(=O)O)c(Br)c2)n1. The lowest BCUT2D eigenvalue weighted by molar-refractivity contribution is -0.131. The Kier molecular flexibility index (Phi) is 4.90. The van der Waals surface area contributed by atoms with E-state index in [1.54, 1.807) is 6.08 Å². The van der Waals surface area contributed by atoms with Crippen molar-refractivity contribution < 1.29 is 9.90 Å². The number of aromatic nitrogens is 3. The first-order valence-electron chi connectivity index (χ1n) is 6.70. The average Bonchev–Trinajstić information content (AvgIpc) is 2.89. The van der Waals surface area contributed by atoms with Crippen LogP contribution in [0.25, 0.3) is 11.8 Å². The van der Waals surface area contributed by atoms with Crippen molar-refractivity contribution in [3.05, 3.63) is 46.0 Å². The van der Waals surface area contributed by atoms with E-state index < -0.39 is 5.97 Å². The molecule has 0 aliphatic carbocycles. The zero-order chi connectivity index (χ0) is 15.4. The summed E-state index contributed by atoms with van der Waals surface area (Å²) in [4.78, 5) is 15.0. The smallest absolute Gasteiger partial charge is 0.328 e. The van der Waals surface area contributed by atoms with Crippen molar-refractivity contribution in [2.45, 2.75) is 26.7 Å². The Bertz CT molecular complexity index is 692. The van der Waals surface area contributed by atoms with Gasteiger partial charge in [0.15, 0.2) is 5.82 Å². The van der Waals surface area contributed by atoms with Gasteiger partial charge in [-0.05, 0) is 23.8 Å². The van der Waals surface area contributed by atoms with Crippen LogP contribution in [0.3, 0.4) is 0 Å². The molecule has 1 N–H and O–H groups in total. The van der Waals surface area contributed by atoms with E-state index in [4.69, 9.17) is 5.11 Å². The van der Waals surface area contributed by atoms with Gasteiger partial charge in [0, 0.05) is 23.4 Å². The third-order valence-electron chi connectivity index (χ3n) is 2.98. The van der Waals surface area contributed by atoms with Crippen LogP contribution < -0.4 is 0 Å². The van der Waals surface area contributed by atoms with Crippen LogP contribution in [0.15, 0.2) is 28.7 Å². The summed E-state index contributed by atoms with van der Waals surface area (Å²) in [6.45, 7) is 4.06. The number of halogens is 1. The maximum Gasteiger partial charge on any atom is 0.328 e. The number of carboxylic acids is 1. The maximum absolute atomic E-state index is 10.6. The van der Waals surface area contributed by atoms with Gasteiger partial charge in [0.2, 0.25) is 0 Å². The number of aliphatic carboxylic acids is 1. The largest absolute Gasteiger partial charge is 0.478 e. The third-order valence-corrected chi connectivity index (χ3v) is 3.67. The number of nitrogens with zero attached hydrogens (tertiary/aromatic N) is 3. The fourth-order valence-corrected chi connectivity index (χ4v) is 2.42. The molecule has 21 heavy (non-hydrogen) atoms. The Morgan fingerprint density at radius 1 is 1.38 bits per heavy atom. The molecule has 0 aliphatic heterocycles. The molecule has 2 aromatic rings. The van der Waals surface area contributed by atoms with Crippen molar-refractivity contribution in [1.29, 1.82) is 0 Å². The molecule has 0 bridgehead atoms. The standard InChI is InChI=1S/C15H16BrN3O2/c1-3-13-17-14(4-2)19(18-13)11-7-5-10(12(16)9-11)6-8-15(20)21/h5-9H,3-4H2,1-2H3,(H,20,21)/b8-6+. The zero-order valence-corrected chi connectivity index (χ0v) is 13.5. The first-order chi connectivity index (χ1) is 10.0. The van der Waals surface area contributed by atoms with Gasteiger partial charge in [0.05, 0.1) is 5.69 Å². The van der Waals surface area contributed by atoms with E-state index in [1.165, 1.54) is 0 Å². The minimum absolute atomic E-state index is 0.792. The number of hydrogen-bond donors (Lipinski definition) is 1. The van der Waals surface area contributed by atoms with Crippen LogP contribution >= 0.6 is 15.9 Å². The number of carbonyl (C=O) groups is 1. The molecule has 110 valence electrons. The Balaban J connectivity index is 2.40. The molecule has 0 saturated carbocycles. The summed E-state index contributed by atoms with van der Waals surface area (Å²) in [5.74, 6) is 0.758. The topological polar surface area (TPSA) is 68.0 Å². The van der Waals surface area contributed by atoms with Crippen molar-refractivity contribution in [1.82, 2.24) is 14.8 Å². The Hall–Kier alpha value is -1.95. The molecule has 1 aromatic heterocycles. The zero-order valence-electron chi connectivity index (χ0n) is 11.9.